The largest absolute Gasteiger partial charge is 0.383 e. The Morgan fingerprint density at radius 3 is 2.55 bits per heavy atom. The summed E-state index contributed by atoms with van der Waals surface area (Å²) in [6.07, 6.45) is 1.56. The molecule has 0 unspecified atom stereocenters. The fourth-order valence-corrected chi connectivity index (χ4v) is 3.23. The molecule has 7 heteroatoms. The highest BCUT2D eigenvalue weighted by molar-refractivity contribution is 5.99. The van der Waals surface area contributed by atoms with Crippen molar-refractivity contribution in [3.8, 4) is 11.1 Å². The molecule has 0 saturated heterocycles. The first kappa shape index (κ1) is 22.0. The lowest BCUT2D eigenvalue weighted by atomic mass is 9.99. The number of aryl methyl sites for hydroxylation is 1. The number of aromatic nitrogens is 1. The standard InChI is InChI=1S/C24H25FN4O2/c1-14(2)28-24(31)20-11-17(13-27-23(20)26)19-9-8-18(10-15(19)3)29-22(30)12-16-6-4-5-7-21(16)25/h4-11,13-14H,12H2,1-3H3,(H2,26,27)(H,28,31)(H,29,30). The van der Waals surface area contributed by atoms with Gasteiger partial charge in [-0.05, 0) is 61.7 Å². The number of nitrogen functional groups attached to an aromatic ring is 1. The maximum Gasteiger partial charge on any atom is 0.255 e. The number of carbonyl (C=O) groups excluding carboxylic acids is 2. The molecule has 0 saturated carbocycles. The van der Waals surface area contributed by atoms with Crippen molar-refractivity contribution in [3.05, 3.63) is 77.2 Å². The van der Waals surface area contributed by atoms with Crippen LogP contribution in [0.25, 0.3) is 11.1 Å². The Bertz CT molecular complexity index is 1130. The number of hydrogen-bond donors (Lipinski definition) is 3. The zero-order chi connectivity index (χ0) is 22.5. The van der Waals surface area contributed by atoms with E-state index in [1.807, 2.05) is 32.9 Å². The summed E-state index contributed by atoms with van der Waals surface area (Å²) in [7, 11) is 0. The van der Waals surface area contributed by atoms with E-state index in [9.17, 15) is 14.0 Å². The van der Waals surface area contributed by atoms with Gasteiger partial charge in [0, 0.05) is 23.5 Å². The molecule has 6 nitrogen and oxygen atoms in total. The fraction of sp³-hybridized carbons (Fsp3) is 0.208. The zero-order valence-electron chi connectivity index (χ0n) is 17.7. The number of nitrogens with one attached hydrogen (secondary N) is 2. The third-order valence-corrected chi connectivity index (χ3v) is 4.71. The van der Waals surface area contributed by atoms with Crippen LogP contribution in [-0.4, -0.2) is 22.8 Å². The molecule has 0 aliphatic rings. The molecule has 2 aromatic carbocycles. The van der Waals surface area contributed by atoms with E-state index in [0.717, 1.165) is 16.7 Å². The molecule has 2 amide bonds. The molecule has 0 bridgehead atoms. The molecule has 31 heavy (non-hydrogen) atoms. The van der Waals surface area contributed by atoms with Crippen LogP contribution in [0.5, 0.6) is 0 Å². The number of benzene rings is 2. The molecule has 160 valence electrons. The normalized spacial score (nSPS) is 10.7. The van der Waals surface area contributed by atoms with Crippen LogP contribution in [0.3, 0.4) is 0 Å². The molecule has 0 fully saturated rings. The summed E-state index contributed by atoms with van der Waals surface area (Å²) < 4.78 is 13.8. The van der Waals surface area contributed by atoms with Crippen molar-refractivity contribution in [1.82, 2.24) is 10.3 Å². The van der Waals surface area contributed by atoms with Crippen molar-refractivity contribution in [3.63, 3.8) is 0 Å². The lowest BCUT2D eigenvalue weighted by Crippen LogP contribution is -2.30. The van der Waals surface area contributed by atoms with Crippen molar-refractivity contribution in [2.24, 2.45) is 0 Å². The molecule has 3 rings (SSSR count). The summed E-state index contributed by atoms with van der Waals surface area (Å²) in [5, 5.41) is 5.61. The Balaban J connectivity index is 1.79. The number of carbonyl (C=O) groups is 2. The van der Waals surface area contributed by atoms with E-state index in [1.54, 1.807) is 36.5 Å². The van der Waals surface area contributed by atoms with Crippen LogP contribution >= 0.6 is 0 Å². The van der Waals surface area contributed by atoms with Crippen LogP contribution in [-0.2, 0) is 11.2 Å². The average molecular weight is 420 g/mol. The van der Waals surface area contributed by atoms with Crippen molar-refractivity contribution < 1.29 is 14.0 Å². The third kappa shape index (κ3) is 5.45. The summed E-state index contributed by atoms with van der Waals surface area (Å²) >= 11 is 0. The number of nitrogens with two attached hydrogens (primary N) is 1. The van der Waals surface area contributed by atoms with E-state index in [1.165, 1.54) is 6.07 Å². The van der Waals surface area contributed by atoms with Gasteiger partial charge in [-0.15, -0.1) is 0 Å². The van der Waals surface area contributed by atoms with Crippen LogP contribution in [0.4, 0.5) is 15.9 Å². The van der Waals surface area contributed by atoms with Gasteiger partial charge in [-0.3, -0.25) is 9.59 Å². The van der Waals surface area contributed by atoms with Gasteiger partial charge in [-0.2, -0.15) is 0 Å². The van der Waals surface area contributed by atoms with Crippen LogP contribution < -0.4 is 16.4 Å². The molecular formula is C24H25FN4O2. The van der Waals surface area contributed by atoms with Crippen molar-refractivity contribution >= 4 is 23.3 Å². The summed E-state index contributed by atoms with van der Waals surface area (Å²) in [5.41, 5.74) is 9.62. The van der Waals surface area contributed by atoms with Gasteiger partial charge in [0.1, 0.15) is 11.6 Å². The van der Waals surface area contributed by atoms with Gasteiger partial charge in [-0.25, -0.2) is 9.37 Å². The van der Waals surface area contributed by atoms with Crippen LogP contribution in [0.15, 0.2) is 54.7 Å². The molecule has 4 N–H and O–H groups in total. The minimum Gasteiger partial charge on any atom is -0.383 e. The van der Waals surface area contributed by atoms with Gasteiger partial charge in [0.25, 0.3) is 5.91 Å². The van der Waals surface area contributed by atoms with Gasteiger partial charge in [0.05, 0.1) is 12.0 Å². The molecule has 1 aromatic heterocycles. The Kier molecular flexibility index (Phi) is 6.65. The Hall–Kier alpha value is -3.74. The molecule has 3 aromatic rings. The van der Waals surface area contributed by atoms with Gasteiger partial charge < -0.3 is 16.4 Å². The Morgan fingerprint density at radius 2 is 1.87 bits per heavy atom. The smallest absolute Gasteiger partial charge is 0.255 e. The van der Waals surface area contributed by atoms with Crippen molar-refractivity contribution in [1.29, 1.82) is 0 Å². The quantitative estimate of drug-likeness (QED) is 0.559. The highest BCUT2D eigenvalue weighted by Gasteiger charge is 2.15. The molecule has 0 spiro atoms. The van der Waals surface area contributed by atoms with Gasteiger partial charge in [0.2, 0.25) is 5.91 Å². The molecule has 0 aliphatic heterocycles. The van der Waals surface area contributed by atoms with Crippen LogP contribution in [0, 0.1) is 12.7 Å². The highest BCUT2D eigenvalue weighted by atomic mass is 19.1. The van der Waals surface area contributed by atoms with E-state index >= 15 is 0 Å². The SMILES string of the molecule is Cc1cc(NC(=O)Cc2ccccc2F)ccc1-c1cnc(N)c(C(=O)NC(C)C)c1. The number of pyridine rings is 1. The fourth-order valence-electron chi connectivity index (χ4n) is 3.23. The van der Waals surface area contributed by atoms with E-state index in [4.69, 9.17) is 5.73 Å². The monoisotopic (exact) mass is 420 g/mol. The van der Waals surface area contributed by atoms with Gasteiger partial charge in [0.15, 0.2) is 0 Å². The Morgan fingerprint density at radius 1 is 1.13 bits per heavy atom. The number of hydrogen-bond acceptors (Lipinski definition) is 4. The lowest BCUT2D eigenvalue weighted by molar-refractivity contribution is -0.115. The third-order valence-electron chi connectivity index (χ3n) is 4.71. The first-order chi connectivity index (χ1) is 14.7. The molecule has 0 atom stereocenters. The van der Waals surface area contributed by atoms with Crippen molar-refractivity contribution in [2.75, 3.05) is 11.1 Å². The first-order valence-corrected chi connectivity index (χ1v) is 9.95. The number of amides is 2. The maximum atomic E-state index is 13.8. The van der Waals surface area contributed by atoms with E-state index < -0.39 is 5.82 Å². The van der Waals surface area contributed by atoms with Crippen LogP contribution in [0.2, 0.25) is 0 Å². The predicted octanol–water partition coefficient (Wildman–Crippen LogP) is 4.10. The topological polar surface area (TPSA) is 97.1 Å². The summed E-state index contributed by atoms with van der Waals surface area (Å²) in [6, 6.07) is 13.3. The molecule has 0 radical (unpaired) electrons. The summed E-state index contributed by atoms with van der Waals surface area (Å²) in [5.74, 6) is -0.829. The lowest BCUT2D eigenvalue weighted by Gasteiger charge is -2.13. The van der Waals surface area contributed by atoms with Crippen molar-refractivity contribution in [2.45, 2.75) is 33.2 Å². The Labute approximate surface area is 180 Å². The number of nitrogens with zero attached hydrogens (tertiary/aromatic N) is 1. The zero-order valence-corrected chi connectivity index (χ0v) is 17.7. The van der Waals surface area contributed by atoms with Crippen LogP contribution in [0.1, 0.15) is 35.3 Å². The maximum absolute atomic E-state index is 13.8. The summed E-state index contributed by atoms with van der Waals surface area (Å²) in [6.45, 7) is 5.63. The van der Waals surface area contributed by atoms with Gasteiger partial charge in [-0.1, -0.05) is 24.3 Å². The predicted molar refractivity (Wildman–Crippen MR) is 120 cm³/mol. The number of anilines is 2. The molecule has 0 aliphatic carbocycles. The summed E-state index contributed by atoms with van der Waals surface area (Å²) in [4.78, 5) is 28.9. The van der Waals surface area contributed by atoms with E-state index in [0.29, 0.717) is 16.8 Å². The number of halogens is 1. The number of rotatable bonds is 6. The second kappa shape index (κ2) is 9.38. The minimum absolute atomic E-state index is 0.0236. The first-order valence-electron chi connectivity index (χ1n) is 9.95. The van der Waals surface area contributed by atoms with Gasteiger partial charge >= 0.3 is 0 Å². The highest BCUT2D eigenvalue weighted by Crippen LogP contribution is 2.27. The second-order valence-corrected chi connectivity index (χ2v) is 7.63. The molecule has 1 heterocycles. The minimum atomic E-state index is -0.405. The average Bonchev–Trinajstić information content (AvgIpc) is 2.70. The second-order valence-electron chi connectivity index (χ2n) is 7.63. The molecular weight excluding hydrogens is 395 g/mol. The van der Waals surface area contributed by atoms with E-state index in [-0.39, 0.29) is 30.1 Å². The van der Waals surface area contributed by atoms with E-state index in [2.05, 4.69) is 15.6 Å².